The van der Waals surface area contributed by atoms with E-state index >= 15 is 4.39 Å². The minimum absolute atomic E-state index is 0.0747. The Morgan fingerprint density at radius 3 is 2.42 bits per heavy atom. The molecular weight excluding hydrogens is 577 g/mol. The summed E-state index contributed by atoms with van der Waals surface area (Å²) in [6.45, 7) is 4.10. The SMILES string of the molecule is CN1CCC(N2CCC(n3nc(-c4ccc(NS(=O)(=O)c5ccccc5[N+](=O)[O-])c(F)c4)c4c(N)ncnc43)CC2)CC1. The van der Waals surface area contributed by atoms with Gasteiger partial charge in [0.2, 0.25) is 0 Å². The Kier molecular flexibility index (Phi) is 7.70. The van der Waals surface area contributed by atoms with E-state index in [1.165, 1.54) is 43.4 Å². The van der Waals surface area contributed by atoms with Crippen LogP contribution in [0.4, 0.5) is 21.6 Å². The van der Waals surface area contributed by atoms with Gasteiger partial charge in [-0.2, -0.15) is 5.10 Å². The molecule has 4 aromatic rings. The highest BCUT2D eigenvalue weighted by molar-refractivity contribution is 7.92. The van der Waals surface area contributed by atoms with E-state index < -0.39 is 31.3 Å². The summed E-state index contributed by atoms with van der Waals surface area (Å²) in [6, 6.07) is 9.45. The average molecular weight is 610 g/mol. The topological polar surface area (TPSA) is 165 Å². The third-order valence-corrected chi connectivity index (χ3v) is 9.82. The number of piperidine rings is 2. The Morgan fingerprint density at radius 1 is 1.02 bits per heavy atom. The van der Waals surface area contributed by atoms with Crippen molar-refractivity contribution in [1.29, 1.82) is 0 Å². The molecule has 0 radical (unpaired) electrons. The number of hydrogen-bond donors (Lipinski definition) is 2. The molecule has 0 amide bonds. The van der Waals surface area contributed by atoms with E-state index in [2.05, 4.69) is 31.5 Å². The molecule has 0 bridgehead atoms. The molecule has 226 valence electrons. The largest absolute Gasteiger partial charge is 0.383 e. The van der Waals surface area contributed by atoms with Gasteiger partial charge in [0, 0.05) is 30.8 Å². The van der Waals surface area contributed by atoms with Crippen LogP contribution >= 0.6 is 0 Å². The molecule has 0 spiro atoms. The zero-order valence-electron chi connectivity index (χ0n) is 23.6. The number of fused-ring (bicyclic) bond motifs is 1. The van der Waals surface area contributed by atoms with E-state index in [1.54, 1.807) is 0 Å². The number of nitrogen functional groups attached to an aromatic ring is 1. The van der Waals surface area contributed by atoms with Gasteiger partial charge >= 0.3 is 0 Å². The van der Waals surface area contributed by atoms with Crippen molar-refractivity contribution in [2.75, 3.05) is 43.7 Å². The molecule has 2 fully saturated rings. The first-order valence-corrected chi connectivity index (χ1v) is 15.6. The monoisotopic (exact) mass is 609 g/mol. The summed E-state index contributed by atoms with van der Waals surface area (Å²) in [5.41, 5.74) is 6.59. The van der Waals surface area contributed by atoms with Gasteiger partial charge in [-0.25, -0.2) is 27.5 Å². The second-order valence-corrected chi connectivity index (χ2v) is 12.7. The molecule has 4 heterocycles. The van der Waals surface area contributed by atoms with Gasteiger partial charge in [-0.1, -0.05) is 18.2 Å². The summed E-state index contributed by atoms with van der Waals surface area (Å²) in [4.78, 5) is 23.5. The zero-order valence-corrected chi connectivity index (χ0v) is 24.4. The molecule has 6 rings (SSSR count). The molecule has 15 heteroatoms. The first-order chi connectivity index (χ1) is 20.6. The summed E-state index contributed by atoms with van der Waals surface area (Å²) in [7, 11) is -2.29. The Bertz CT molecular complexity index is 1780. The highest BCUT2D eigenvalue weighted by atomic mass is 32.2. The predicted octanol–water partition coefficient (Wildman–Crippen LogP) is 3.65. The fraction of sp³-hybridized carbons (Fsp3) is 0.393. The van der Waals surface area contributed by atoms with Gasteiger partial charge in [0.15, 0.2) is 10.5 Å². The lowest BCUT2D eigenvalue weighted by Crippen LogP contribution is -2.47. The number of likely N-dealkylation sites (tertiary alicyclic amines) is 2. The number of nitrogens with zero attached hydrogens (tertiary/aromatic N) is 7. The average Bonchev–Trinajstić information content (AvgIpc) is 3.40. The molecule has 2 aliphatic rings. The minimum atomic E-state index is -4.45. The van der Waals surface area contributed by atoms with E-state index in [1.807, 2.05) is 4.68 Å². The lowest BCUT2D eigenvalue weighted by atomic mass is 9.98. The van der Waals surface area contributed by atoms with Crippen molar-refractivity contribution < 1.29 is 17.7 Å². The number of benzene rings is 2. The van der Waals surface area contributed by atoms with Crippen LogP contribution in [0.15, 0.2) is 53.7 Å². The number of nitro groups is 1. The number of hydrogen-bond acceptors (Lipinski definition) is 10. The second-order valence-electron chi connectivity index (χ2n) is 11.1. The molecular formula is C28H32FN9O4S. The normalized spacial score (nSPS) is 17.8. The smallest absolute Gasteiger partial charge is 0.289 e. The molecule has 0 atom stereocenters. The van der Waals surface area contributed by atoms with Crippen LogP contribution in [-0.4, -0.2) is 82.2 Å². The lowest BCUT2D eigenvalue weighted by molar-refractivity contribution is -0.387. The molecule has 2 aromatic heterocycles. The quantitative estimate of drug-likeness (QED) is 0.233. The Labute approximate surface area is 247 Å². The Balaban J connectivity index is 1.27. The molecule has 0 saturated carbocycles. The first-order valence-electron chi connectivity index (χ1n) is 14.1. The summed E-state index contributed by atoms with van der Waals surface area (Å²) in [5.74, 6) is -0.680. The fourth-order valence-corrected chi connectivity index (χ4v) is 7.33. The number of nitrogens with one attached hydrogen (secondary N) is 1. The van der Waals surface area contributed by atoms with Crippen LogP contribution < -0.4 is 10.5 Å². The fourth-order valence-electron chi connectivity index (χ4n) is 6.09. The standard InChI is InChI=1S/C28H32FN9O4S/c1-35-12-8-19(9-13-35)36-14-10-20(11-15-36)37-28-25(27(30)31-17-32-28)26(33-37)18-6-7-22(21(29)16-18)34-43(41,42)24-5-3-2-4-23(24)38(39)40/h2-7,16-17,19-20,34H,8-15H2,1H3,(H2,30,31,32). The maximum atomic E-state index is 15.4. The maximum absolute atomic E-state index is 15.4. The minimum Gasteiger partial charge on any atom is -0.383 e. The van der Waals surface area contributed by atoms with Gasteiger partial charge in [-0.3, -0.25) is 14.8 Å². The maximum Gasteiger partial charge on any atom is 0.289 e. The number of nitro benzene ring substituents is 1. The predicted molar refractivity (Wildman–Crippen MR) is 159 cm³/mol. The van der Waals surface area contributed by atoms with Gasteiger partial charge in [-0.15, -0.1) is 0 Å². The molecule has 13 nitrogen and oxygen atoms in total. The summed E-state index contributed by atoms with van der Waals surface area (Å²) in [6.07, 6.45) is 5.48. The van der Waals surface area contributed by atoms with Gasteiger partial charge < -0.3 is 15.5 Å². The van der Waals surface area contributed by atoms with Crippen LogP contribution in [0.5, 0.6) is 0 Å². The molecule has 3 N–H and O–H groups in total. The lowest BCUT2D eigenvalue weighted by Gasteiger charge is -2.41. The number of halogens is 1. The third kappa shape index (κ3) is 5.62. The number of aromatic nitrogens is 4. The van der Waals surface area contributed by atoms with Crippen molar-refractivity contribution in [3.05, 3.63) is 64.7 Å². The van der Waals surface area contributed by atoms with E-state index in [4.69, 9.17) is 10.8 Å². The van der Waals surface area contributed by atoms with Crippen LogP contribution in [0.25, 0.3) is 22.3 Å². The number of nitrogens with two attached hydrogens (primary N) is 1. The van der Waals surface area contributed by atoms with Crippen LogP contribution in [0.2, 0.25) is 0 Å². The highest BCUT2D eigenvalue weighted by Gasteiger charge is 2.31. The van der Waals surface area contributed by atoms with E-state index in [0.717, 1.165) is 57.2 Å². The van der Waals surface area contributed by atoms with Gasteiger partial charge in [0.25, 0.3) is 15.7 Å². The van der Waals surface area contributed by atoms with Crippen LogP contribution in [0, 0.1) is 15.9 Å². The number of para-hydroxylation sites is 1. The van der Waals surface area contributed by atoms with E-state index in [9.17, 15) is 18.5 Å². The van der Waals surface area contributed by atoms with E-state index in [-0.39, 0.29) is 17.5 Å². The van der Waals surface area contributed by atoms with Crippen molar-refractivity contribution in [3.63, 3.8) is 0 Å². The van der Waals surface area contributed by atoms with Crippen molar-refractivity contribution in [2.24, 2.45) is 0 Å². The molecule has 0 unspecified atom stereocenters. The number of rotatable bonds is 7. The van der Waals surface area contributed by atoms with Gasteiger partial charge in [0.05, 0.1) is 22.0 Å². The van der Waals surface area contributed by atoms with Crippen LogP contribution in [0.3, 0.4) is 0 Å². The molecule has 2 saturated heterocycles. The van der Waals surface area contributed by atoms with Gasteiger partial charge in [-0.05, 0) is 64.0 Å². The molecule has 0 aliphatic carbocycles. The molecule has 43 heavy (non-hydrogen) atoms. The first kappa shape index (κ1) is 28.9. The third-order valence-electron chi connectivity index (χ3n) is 8.41. The Hall–Kier alpha value is -4.21. The molecule has 2 aliphatic heterocycles. The van der Waals surface area contributed by atoms with Crippen molar-refractivity contribution in [2.45, 2.75) is 42.7 Å². The summed E-state index contributed by atoms with van der Waals surface area (Å²) in [5, 5.41) is 16.7. The van der Waals surface area contributed by atoms with Crippen molar-refractivity contribution in [1.82, 2.24) is 29.5 Å². The number of sulfonamides is 1. The van der Waals surface area contributed by atoms with Gasteiger partial charge in [0.1, 0.15) is 23.7 Å². The second kappa shape index (κ2) is 11.5. The summed E-state index contributed by atoms with van der Waals surface area (Å²) >= 11 is 0. The zero-order chi connectivity index (χ0) is 30.3. The summed E-state index contributed by atoms with van der Waals surface area (Å²) < 4.78 is 45.2. The Morgan fingerprint density at radius 2 is 1.72 bits per heavy atom. The molecule has 2 aromatic carbocycles. The van der Waals surface area contributed by atoms with E-state index in [0.29, 0.717) is 28.3 Å². The van der Waals surface area contributed by atoms with Crippen molar-refractivity contribution in [3.8, 4) is 11.3 Å². The van der Waals surface area contributed by atoms with Crippen molar-refractivity contribution >= 4 is 38.2 Å². The van der Waals surface area contributed by atoms with Crippen LogP contribution in [-0.2, 0) is 10.0 Å². The number of anilines is 2. The van der Waals surface area contributed by atoms with Crippen LogP contribution in [0.1, 0.15) is 31.7 Å². The highest BCUT2D eigenvalue weighted by Crippen LogP contribution is 2.36.